The lowest BCUT2D eigenvalue weighted by Gasteiger charge is -2.49. The zero-order valence-electron chi connectivity index (χ0n) is 24.5. The van der Waals surface area contributed by atoms with Crippen LogP contribution in [0.15, 0.2) is 17.5 Å². The van der Waals surface area contributed by atoms with Crippen LogP contribution in [-0.4, -0.2) is 94.1 Å². The predicted molar refractivity (Wildman–Crippen MR) is 158 cm³/mol. The molecule has 1 amide bonds. The molecule has 3 aliphatic heterocycles. The van der Waals surface area contributed by atoms with Gasteiger partial charge in [-0.25, -0.2) is 18.4 Å². The van der Waals surface area contributed by atoms with Crippen LogP contribution in [0.5, 0.6) is 0 Å². The van der Waals surface area contributed by atoms with E-state index in [-0.39, 0.29) is 29.2 Å². The second kappa shape index (κ2) is 9.67. The van der Waals surface area contributed by atoms with E-state index in [9.17, 15) is 13.2 Å². The fourth-order valence-corrected chi connectivity index (χ4v) is 7.73. The van der Waals surface area contributed by atoms with Gasteiger partial charge in [-0.05, 0) is 34.1 Å². The summed E-state index contributed by atoms with van der Waals surface area (Å²) in [7, 11) is -1.62. The highest BCUT2D eigenvalue weighted by Gasteiger charge is 2.57. The first-order valence-corrected chi connectivity index (χ1v) is 15.5. The van der Waals surface area contributed by atoms with Crippen molar-refractivity contribution in [1.82, 2.24) is 24.6 Å². The molecule has 11 nitrogen and oxygen atoms in total. The molecule has 0 spiro atoms. The number of fused-ring (bicyclic) bond motifs is 1. The normalized spacial score (nSPS) is 28.0. The maximum atomic E-state index is 13.4. The lowest BCUT2D eigenvalue weighted by atomic mass is 9.87. The van der Waals surface area contributed by atoms with Gasteiger partial charge in [0.05, 0.1) is 17.3 Å². The van der Waals surface area contributed by atoms with Gasteiger partial charge < -0.3 is 14.7 Å². The van der Waals surface area contributed by atoms with E-state index < -0.39 is 14.6 Å². The van der Waals surface area contributed by atoms with Gasteiger partial charge in [0.1, 0.15) is 28.5 Å². The van der Waals surface area contributed by atoms with Gasteiger partial charge >= 0.3 is 0 Å². The van der Waals surface area contributed by atoms with Crippen molar-refractivity contribution < 1.29 is 13.2 Å². The maximum absolute atomic E-state index is 13.4. The summed E-state index contributed by atoms with van der Waals surface area (Å²) in [4.78, 5) is 33.7. The van der Waals surface area contributed by atoms with E-state index in [1.54, 1.807) is 31.4 Å². The Bertz CT molecular complexity index is 1600. The molecule has 0 radical (unpaired) electrons. The zero-order valence-corrected chi connectivity index (χ0v) is 25.4. The van der Waals surface area contributed by atoms with E-state index >= 15 is 0 Å². The van der Waals surface area contributed by atoms with Crippen LogP contribution < -0.4 is 20.4 Å². The summed E-state index contributed by atoms with van der Waals surface area (Å²) in [6.45, 7) is 18.5. The molecule has 0 N–H and O–H groups in total. The number of aromatic nitrogens is 4. The summed E-state index contributed by atoms with van der Waals surface area (Å²) in [6.07, 6.45) is 5.75. The highest BCUT2D eigenvalue weighted by atomic mass is 32.2. The van der Waals surface area contributed by atoms with Gasteiger partial charge in [-0.1, -0.05) is 20.4 Å². The topological polar surface area (TPSA) is 117 Å². The minimum absolute atomic E-state index is 0.0612. The number of amides is 1. The molecule has 2 unspecified atom stereocenters. The Morgan fingerprint density at radius 2 is 1.88 bits per heavy atom. The molecule has 2 aromatic rings. The number of carbonyl (C=O) groups excluding carboxylic acids is 1. The van der Waals surface area contributed by atoms with Crippen molar-refractivity contribution in [2.75, 3.05) is 42.2 Å². The molecule has 2 aromatic heterocycles. The molecule has 2 saturated heterocycles. The van der Waals surface area contributed by atoms with Crippen LogP contribution in [0.25, 0.3) is 12.7 Å². The van der Waals surface area contributed by atoms with Crippen molar-refractivity contribution in [3.05, 3.63) is 28.7 Å². The molecule has 5 rings (SSSR count). The summed E-state index contributed by atoms with van der Waals surface area (Å²) in [6, 6.07) is -0.234. The molecule has 3 aliphatic rings. The third-order valence-electron chi connectivity index (χ3n) is 8.83. The first kappa shape index (κ1) is 28.3. The third-order valence-corrected chi connectivity index (χ3v) is 11.3. The molecular weight excluding hydrogens is 528 g/mol. The fraction of sp³-hybridized carbons (Fsp3) is 0.607. The Kier molecular flexibility index (Phi) is 6.83. The van der Waals surface area contributed by atoms with E-state index in [1.165, 1.54) is 0 Å². The average molecular weight is 569 g/mol. The van der Waals surface area contributed by atoms with Crippen molar-refractivity contribution in [3.63, 3.8) is 0 Å². The number of nitrogens with zero attached hydrogens (tertiary/aromatic N) is 8. The predicted octanol–water partition coefficient (Wildman–Crippen LogP) is 0.713. The van der Waals surface area contributed by atoms with E-state index in [1.807, 2.05) is 24.6 Å². The number of rotatable bonds is 4. The number of amidine groups is 1. The molecule has 2 fully saturated rings. The number of aliphatic imine (C=N–C) groups is 1. The summed E-state index contributed by atoms with van der Waals surface area (Å²) in [5.41, 5.74) is 0.757. The summed E-state index contributed by atoms with van der Waals surface area (Å²) in [5, 5.41) is 6.17. The van der Waals surface area contributed by atoms with E-state index in [0.717, 1.165) is 40.1 Å². The highest BCUT2D eigenvalue weighted by Crippen LogP contribution is 2.45. The molecule has 5 heterocycles. The van der Waals surface area contributed by atoms with Crippen molar-refractivity contribution in [3.8, 4) is 0 Å². The summed E-state index contributed by atoms with van der Waals surface area (Å²) >= 11 is 0. The lowest BCUT2D eigenvalue weighted by Crippen LogP contribution is -2.66. The minimum Gasteiger partial charge on any atom is -0.350 e. The van der Waals surface area contributed by atoms with Gasteiger partial charge in [0.2, 0.25) is 5.91 Å². The smallest absolute Gasteiger partial charge is 0.244 e. The number of hydrogen-bond donors (Lipinski definition) is 0. The second-order valence-corrected chi connectivity index (χ2v) is 14.6. The third kappa shape index (κ3) is 4.22. The molecule has 0 saturated carbocycles. The van der Waals surface area contributed by atoms with Crippen molar-refractivity contribution in [2.24, 2.45) is 4.99 Å². The summed E-state index contributed by atoms with van der Waals surface area (Å²) < 4.78 is 25.5. The van der Waals surface area contributed by atoms with Gasteiger partial charge in [0.15, 0.2) is 9.84 Å². The largest absolute Gasteiger partial charge is 0.350 e. The maximum Gasteiger partial charge on any atom is 0.244 e. The van der Waals surface area contributed by atoms with Gasteiger partial charge in [-0.15, -0.1) is 0 Å². The van der Waals surface area contributed by atoms with Crippen LogP contribution >= 0.6 is 0 Å². The number of piperazine rings is 1. The molecule has 216 valence electrons. The number of carbonyl (C=O) groups is 1. The Balaban J connectivity index is 1.49. The lowest BCUT2D eigenvalue weighted by molar-refractivity contribution is -0.137. The van der Waals surface area contributed by atoms with Crippen LogP contribution in [-0.2, 0) is 26.6 Å². The van der Waals surface area contributed by atoms with Crippen LogP contribution in [0.1, 0.15) is 53.5 Å². The Hall–Kier alpha value is -3.28. The monoisotopic (exact) mass is 568 g/mol. The fourth-order valence-electron chi connectivity index (χ4n) is 6.20. The minimum atomic E-state index is -3.40. The molecule has 0 aromatic carbocycles. The van der Waals surface area contributed by atoms with Crippen LogP contribution in [0.4, 0.5) is 11.6 Å². The van der Waals surface area contributed by atoms with Gasteiger partial charge in [0, 0.05) is 67.6 Å². The van der Waals surface area contributed by atoms with Gasteiger partial charge in [0.25, 0.3) is 0 Å². The quantitative estimate of drug-likeness (QED) is 0.391. The Morgan fingerprint density at radius 1 is 1.18 bits per heavy atom. The van der Waals surface area contributed by atoms with Crippen LogP contribution in [0, 0.1) is 0 Å². The van der Waals surface area contributed by atoms with Gasteiger partial charge in [-0.3, -0.25) is 14.5 Å². The Labute approximate surface area is 236 Å². The van der Waals surface area contributed by atoms with E-state index in [4.69, 9.17) is 9.97 Å². The molecule has 12 heteroatoms. The molecular formula is C28H40N8O3S. The van der Waals surface area contributed by atoms with Crippen molar-refractivity contribution in [2.45, 2.75) is 76.8 Å². The zero-order chi connectivity index (χ0) is 29.2. The standard InChI is InChI=1S/C28H40N8O3S/c1-9-36-21(18(2)13-32-36)12-22(29-8)35-16-27(5,6)23-24(30-17-31-25(23)35)33-14-20(4)34(15-19(33)3)26(37)28(7)10-11-40(28,38)39/h12-13,17,19-20H,2,9-11,14-16H2,1,3-8H3/b21-12+,29-22?/t19?,20-,28?/m1/s1. The number of aryl methyl sites for hydroxylation is 1. The van der Waals surface area contributed by atoms with E-state index in [2.05, 4.69) is 47.2 Å². The summed E-state index contributed by atoms with van der Waals surface area (Å²) in [5.74, 6) is 2.22. The van der Waals surface area contributed by atoms with Crippen molar-refractivity contribution in [1.29, 1.82) is 0 Å². The van der Waals surface area contributed by atoms with E-state index in [0.29, 0.717) is 26.1 Å². The molecule has 0 aliphatic carbocycles. The van der Waals surface area contributed by atoms with Crippen LogP contribution in [0.3, 0.4) is 0 Å². The molecule has 3 atom stereocenters. The number of anilines is 2. The SMILES string of the molecule is C=c1cnn(CC)/c1=C/C(=NC)N1CC(C)(C)c2c1ncnc2N1C[C@@H](C)N(C(=O)C2(C)CCS2(=O)=O)CC1C. The first-order chi connectivity index (χ1) is 18.8. The number of sulfone groups is 1. The first-order valence-electron chi connectivity index (χ1n) is 13.9. The molecule has 0 bridgehead atoms. The Morgan fingerprint density at radius 3 is 2.48 bits per heavy atom. The molecule has 40 heavy (non-hydrogen) atoms. The van der Waals surface area contributed by atoms with Gasteiger partial charge in [-0.2, -0.15) is 5.10 Å². The number of hydrogen-bond acceptors (Lipinski definition) is 8. The average Bonchev–Trinajstić information content (AvgIpc) is 3.41. The second-order valence-electron chi connectivity index (χ2n) is 12.1. The van der Waals surface area contributed by atoms with Crippen LogP contribution in [0.2, 0.25) is 0 Å². The highest BCUT2D eigenvalue weighted by molar-refractivity contribution is 7.95. The van der Waals surface area contributed by atoms with Crippen molar-refractivity contribution >= 4 is 45.9 Å².